The van der Waals surface area contributed by atoms with Gasteiger partial charge in [-0.05, 0) is 25.5 Å². The number of benzene rings is 1. The van der Waals surface area contributed by atoms with Crippen LogP contribution in [0.5, 0.6) is 0 Å². The van der Waals surface area contributed by atoms with Gasteiger partial charge in [-0.3, -0.25) is 20.0 Å². The summed E-state index contributed by atoms with van der Waals surface area (Å²) in [5.74, 6) is -0.746. The number of fused-ring (bicyclic) bond motifs is 1. The van der Waals surface area contributed by atoms with E-state index < -0.39 is 0 Å². The van der Waals surface area contributed by atoms with Crippen molar-refractivity contribution in [1.82, 2.24) is 15.5 Å². The van der Waals surface area contributed by atoms with Crippen molar-refractivity contribution in [2.45, 2.75) is 25.7 Å². The molecule has 3 rings (SSSR count). The number of aromatic amines is 1. The van der Waals surface area contributed by atoms with Crippen LogP contribution in [0.1, 0.15) is 30.0 Å². The molecule has 2 heterocycles. The van der Waals surface area contributed by atoms with Gasteiger partial charge in [0.2, 0.25) is 11.8 Å². The average molecular weight is 243 g/mol. The second kappa shape index (κ2) is 3.94. The highest BCUT2D eigenvalue weighted by atomic mass is 16.2. The van der Waals surface area contributed by atoms with Gasteiger partial charge in [-0.2, -0.15) is 5.10 Å². The molecule has 1 aromatic carbocycles. The molecule has 92 valence electrons. The number of aromatic nitrogens is 2. The number of carbonyl (C=O) groups excluding carboxylic acids is 2. The number of piperidine rings is 1. The molecule has 1 fully saturated rings. The van der Waals surface area contributed by atoms with Crippen LogP contribution in [0.3, 0.4) is 0 Å². The highest BCUT2D eigenvalue weighted by Crippen LogP contribution is 2.29. The highest BCUT2D eigenvalue weighted by molar-refractivity contribution is 6.02. The quantitative estimate of drug-likeness (QED) is 0.743. The molecule has 5 nitrogen and oxygen atoms in total. The predicted octanol–water partition coefficient (Wildman–Crippen LogP) is 1.39. The minimum absolute atomic E-state index is 0.198. The van der Waals surface area contributed by atoms with E-state index in [1.165, 1.54) is 0 Å². The first-order valence-electron chi connectivity index (χ1n) is 5.93. The third-order valence-electron chi connectivity index (χ3n) is 3.33. The summed E-state index contributed by atoms with van der Waals surface area (Å²) in [4.78, 5) is 23.0. The number of nitrogens with one attached hydrogen (secondary N) is 2. The van der Waals surface area contributed by atoms with Gasteiger partial charge in [0.1, 0.15) is 0 Å². The number of hydrogen-bond donors (Lipinski definition) is 2. The van der Waals surface area contributed by atoms with Gasteiger partial charge < -0.3 is 0 Å². The summed E-state index contributed by atoms with van der Waals surface area (Å²) in [5, 5.41) is 10.5. The molecule has 0 saturated carbocycles. The van der Waals surface area contributed by atoms with Gasteiger partial charge in [0, 0.05) is 11.8 Å². The third kappa shape index (κ3) is 1.68. The number of hydrogen-bond acceptors (Lipinski definition) is 3. The maximum Gasteiger partial charge on any atom is 0.235 e. The van der Waals surface area contributed by atoms with Crippen molar-refractivity contribution in [3.05, 3.63) is 29.5 Å². The van der Waals surface area contributed by atoms with E-state index in [9.17, 15) is 9.59 Å². The number of aryl methyl sites for hydroxylation is 1. The molecule has 0 bridgehead atoms. The minimum atomic E-state index is -0.311. The SMILES string of the molecule is Cc1ccc2n[nH]c(C3CCC(=O)NC3=O)c2c1. The Hall–Kier alpha value is -2.17. The minimum Gasteiger partial charge on any atom is -0.296 e. The zero-order chi connectivity index (χ0) is 12.7. The van der Waals surface area contributed by atoms with Crippen molar-refractivity contribution in [3.63, 3.8) is 0 Å². The first-order chi connectivity index (χ1) is 8.65. The van der Waals surface area contributed by atoms with Crippen LogP contribution in [-0.4, -0.2) is 22.0 Å². The second-order valence-electron chi connectivity index (χ2n) is 4.66. The molecule has 0 spiro atoms. The number of carbonyl (C=O) groups is 2. The molecule has 0 radical (unpaired) electrons. The Labute approximate surface area is 104 Å². The summed E-state index contributed by atoms with van der Waals surface area (Å²) in [6.45, 7) is 2.00. The van der Waals surface area contributed by atoms with Gasteiger partial charge >= 0.3 is 0 Å². The maximum absolute atomic E-state index is 11.9. The Balaban J connectivity index is 2.06. The van der Waals surface area contributed by atoms with Gasteiger partial charge in [0.25, 0.3) is 0 Å². The summed E-state index contributed by atoms with van der Waals surface area (Å²) in [6.07, 6.45) is 0.915. The van der Waals surface area contributed by atoms with Gasteiger partial charge in [-0.1, -0.05) is 11.6 Å². The monoisotopic (exact) mass is 243 g/mol. The van der Waals surface area contributed by atoms with Crippen LogP contribution in [0, 0.1) is 6.92 Å². The van der Waals surface area contributed by atoms with Crippen molar-refractivity contribution in [3.8, 4) is 0 Å². The molecule has 1 aliphatic rings. The van der Waals surface area contributed by atoms with E-state index in [4.69, 9.17) is 0 Å². The molecule has 18 heavy (non-hydrogen) atoms. The molecule has 0 aliphatic carbocycles. The molecule has 1 aromatic heterocycles. The molecule has 5 heteroatoms. The van der Waals surface area contributed by atoms with Crippen LogP contribution in [-0.2, 0) is 9.59 Å². The van der Waals surface area contributed by atoms with Crippen LogP contribution in [0.4, 0.5) is 0 Å². The Morgan fingerprint density at radius 2 is 2.17 bits per heavy atom. The van der Waals surface area contributed by atoms with E-state index in [0.717, 1.165) is 22.2 Å². The standard InChI is InChI=1S/C13H13N3O2/c1-7-2-4-10-9(6-7)12(16-15-10)8-3-5-11(17)14-13(8)18/h2,4,6,8H,3,5H2,1H3,(H,15,16)(H,14,17,18). The van der Waals surface area contributed by atoms with Crippen LogP contribution >= 0.6 is 0 Å². The zero-order valence-electron chi connectivity index (χ0n) is 9.99. The van der Waals surface area contributed by atoms with Crippen molar-refractivity contribution in [2.75, 3.05) is 0 Å². The topological polar surface area (TPSA) is 74.8 Å². The Kier molecular flexibility index (Phi) is 2.40. The lowest BCUT2D eigenvalue weighted by atomic mass is 9.92. The first-order valence-corrected chi connectivity index (χ1v) is 5.93. The van der Waals surface area contributed by atoms with Gasteiger partial charge in [-0.15, -0.1) is 0 Å². The molecule has 1 unspecified atom stereocenters. The molecule has 2 amide bonds. The Bertz CT molecular complexity index is 645. The van der Waals surface area contributed by atoms with E-state index in [1.807, 2.05) is 25.1 Å². The van der Waals surface area contributed by atoms with Crippen LogP contribution in [0.15, 0.2) is 18.2 Å². The smallest absolute Gasteiger partial charge is 0.235 e. The Morgan fingerprint density at radius 3 is 2.94 bits per heavy atom. The number of rotatable bonds is 1. The van der Waals surface area contributed by atoms with Crippen LogP contribution in [0.25, 0.3) is 10.9 Å². The fourth-order valence-corrected chi connectivity index (χ4v) is 2.38. The van der Waals surface area contributed by atoms with E-state index in [2.05, 4.69) is 15.5 Å². The van der Waals surface area contributed by atoms with Gasteiger partial charge in [-0.25, -0.2) is 0 Å². The fourth-order valence-electron chi connectivity index (χ4n) is 2.38. The lowest BCUT2D eigenvalue weighted by Crippen LogP contribution is -2.39. The molecule has 1 atom stereocenters. The van der Waals surface area contributed by atoms with Gasteiger partial charge in [0.15, 0.2) is 0 Å². The summed E-state index contributed by atoms with van der Waals surface area (Å²) < 4.78 is 0. The van der Waals surface area contributed by atoms with Gasteiger partial charge in [0.05, 0.1) is 17.1 Å². The fraction of sp³-hybridized carbons (Fsp3) is 0.308. The normalized spacial score (nSPS) is 20.2. The number of H-pyrrole nitrogens is 1. The van der Waals surface area contributed by atoms with Crippen LogP contribution in [0.2, 0.25) is 0 Å². The highest BCUT2D eigenvalue weighted by Gasteiger charge is 2.30. The number of nitrogens with zero attached hydrogens (tertiary/aromatic N) is 1. The largest absolute Gasteiger partial charge is 0.296 e. The van der Waals surface area contributed by atoms with Crippen molar-refractivity contribution < 1.29 is 9.59 Å². The predicted molar refractivity (Wildman–Crippen MR) is 66.0 cm³/mol. The van der Waals surface area contributed by atoms with Crippen molar-refractivity contribution in [1.29, 1.82) is 0 Å². The lowest BCUT2D eigenvalue weighted by molar-refractivity contribution is -0.134. The summed E-state index contributed by atoms with van der Waals surface area (Å²) in [7, 11) is 0. The average Bonchev–Trinajstić information content (AvgIpc) is 2.72. The molecule has 1 saturated heterocycles. The molecular weight excluding hydrogens is 230 g/mol. The van der Waals surface area contributed by atoms with Crippen LogP contribution < -0.4 is 5.32 Å². The zero-order valence-corrected chi connectivity index (χ0v) is 9.99. The van der Waals surface area contributed by atoms with Crippen molar-refractivity contribution >= 4 is 22.7 Å². The number of amides is 2. The molecule has 2 N–H and O–H groups in total. The Morgan fingerprint density at radius 1 is 1.33 bits per heavy atom. The third-order valence-corrected chi connectivity index (χ3v) is 3.33. The summed E-state index contributed by atoms with van der Waals surface area (Å²) in [5.41, 5.74) is 2.77. The molecular formula is C13H13N3O2. The van der Waals surface area contributed by atoms with E-state index in [-0.39, 0.29) is 17.7 Å². The first kappa shape index (κ1) is 11.0. The van der Waals surface area contributed by atoms with E-state index >= 15 is 0 Å². The second-order valence-corrected chi connectivity index (χ2v) is 4.66. The van der Waals surface area contributed by atoms with Crippen molar-refractivity contribution in [2.24, 2.45) is 0 Å². The van der Waals surface area contributed by atoms with E-state index in [0.29, 0.717) is 12.8 Å². The maximum atomic E-state index is 11.9. The molecule has 1 aliphatic heterocycles. The summed E-state index contributed by atoms with van der Waals surface area (Å²) in [6, 6.07) is 5.92. The molecule has 2 aromatic rings. The summed E-state index contributed by atoms with van der Waals surface area (Å²) >= 11 is 0. The number of imide groups is 1. The lowest BCUT2D eigenvalue weighted by Gasteiger charge is -2.19. The van der Waals surface area contributed by atoms with E-state index in [1.54, 1.807) is 0 Å².